The summed E-state index contributed by atoms with van der Waals surface area (Å²) in [7, 11) is 0. The molecule has 19 heavy (non-hydrogen) atoms. The van der Waals surface area contributed by atoms with Crippen molar-refractivity contribution >= 4 is 5.97 Å². The van der Waals surface area contributed by atoms with E-state index in [-0.39, 0.29) is 17.9 Å². The number of carbonyl (C=O) groups excluding carboxylic acids is 1. The van der Waals surface area contributed by atoms with Crippen molar-refractivity contribution in [3.05, 3.63) is 35.4 Å². The molecule has 1 atom stereocenters. The van der Waals surface area contributed by atoms with Gasteiger partial charge < -0.3 is 10.1 Å². The maximum absolute atomic E-state index is 11.4. The average Bonchev–Trinajstić information content (AvgIpc) is 2.40. The molecule has 1 N–H and O–H groups in total. The molecule has 0 saturated carbocycles. The molecule has 3 nitrogen and oxygen atoms in total. The van der Waals surface area contributed by atoms with Crippen molar-refractivity contribution in [2.24, 2.45) is 5.92 Å². The lowest BCUT2D eigenvalue weighted by atomic mass is 10.1. The highest BCUT2D eigenvalue weighted by Gasteiger charge is 2.12. The van der Waals surface area contributed by atoms with Crippen LogP contribution in [0.4, 0.5) is 0 Å². The van der Waals surface area contributed by atoms with Crippen LogP contribution in [-0.4, -0.2) is 18.6 Å². The Morgan fingerprint density at radius 1 is 1.32 bits per heavy atom. The van der Waals surface area contributed by atoms with Crippen LogP contribution in [0.15, 0.2) is 24.3 Å². The number of aryl methyl sites for hydroxylation is 1. The second-order valence-corrected chi connectivity index (χ2v) is 5.20. The Kier molecular flexibility index (Phi) is 6.57. The van der Waals surface area contributed by atoms with Gasteiger partial charge in [0.25, 0.3) is 0 Å². The smallest absolute Gasteiger partial charge is 0.308 e. The molecular weight excluding hydrogens is 238 g/mol. The summed E-state index contributed by atoms with van der Waals surface area (Å²) in [6, 6.07) is 8.53. The molecular formula is C16H25NO2. The summed E-state index contributed by atoms with van der Waals surface area (Å²) in [6.45, 7) is 9.16. The molecule has 0 aliphatic carbocycles. The number of hydrogen-bond donors (Lipinski definition) is 1. The van der Waals surface area contributed by atoms with Crippen LogP contribution in [-0.2, 0) is 16.1 Å². The molecule has 0 fully saturated rings. The van der Waals surface area contributed by atoms with Crippen LogP contribution in [0.2, 0.25) is 0 Å². The summed E-state index contributed by atoms with van der Waals surface area (Å²) >= 11 is 0. The highest BCUT2D eigenvalue weighted by atomic mass is 16.5. The topological polar surface area (TPSA) is 38.3 Å². The first-order chi connectivity index (χ1) is 9.04. The van der Waals surface area contributed by atoms with Crippen molar-refractivity contribution in [3.8, 4) is 0 Å². The van der Waals surface area contributed by atoms with E-state index in [9.17, 15) is 4.79 Å². The first kappa shape index (κ1) is 15.7. The Morgan fingerprint density at radius 3 is 2.58 bits per heavy atom. The Balaban J connectivity index is 2.41. The van der Waals surface area contributed by atoms with Crippen LogP contribution in [0.25, 0.3) is 0 Å². The predicted molar refractivity (Wildman–Crippen MR) is 77.9 cm³/mol. The number of hydrogen-bond acceptors (Lipinski definition) is 3. The highest BCUT2D eigenvalue weighted by Crippen LogP contribution is 2.07. The molecule has 0 saturated heterocycles. The van der Waals surface area contributed by atoms with Gasteiger partial charge in [-0.15, -0.1) is 0 Å². The fourth-order valence-corrected chi connectivity index (χ4v) is 1.73. The third-order valence-electron chi connectivity index (χ3n) is 3.23. The molecule has 0 amide bonds. The number of benzene rings is 1. The van der Waals surface area contributed by atoms with E-state index in [0.29, 0.717) is 6.61 Å². The van der Waals surface area contributed by atoms with E-state index >= 15 is 0 Å². The summed E-state index contributed by atoms with van der Waals surface area (Å²) in [5, 5.41) is 3.44. The lowest BCUT2D eigenvalue weighted by Gasteiger charge is -2.18. The SMILES string of the molecule is CCC(COC(=O)C(C)C)NCc1ccccc1C. The van der Waals surface area contributed by atoms with Crippen molar-refractivity contribution in [2.75, 3.05) is 6.61 Å². The molecule has 3 heteroatoms. The van der Waals surface area contributed by atoms with Crippen molar-refractivity contribution in [1.29, 1.82) is 0 Å². The van der Waals surface area contributed by atoms with Crippen LogP contribution < -0.4 is 5.32 Å². The summed E-state index contributed by atoms with van der Waals surface area (Å²) in [5.41, 5.74) is 2.57. The van der Waals surface area contributed by atoms with E-state index in [1.54, 1.807) is 0 Å². The minimum absolute atomic E-state index is 0.0612. The molecule has 1 rings (SSSR count). The average molecular weight is 263 g/mol. The van der Waals surface area contributed by atoms with Gasteiger partial charge in [0, 0.05) is 12.6 Å². The van der Waals surface area contributed by atoms with Crippen molar-refractivity contribution in [2.45, 2.75) is 46.7 Å². The van der Waals surface area contributed by atoms with E-state index in [0.717, 1.165) is 13.0 Å². The number of rotatable bonds is 7. The Bertz CT molecular complexity index is 401. The van der Waals surface area contributed by atoms with Gasteiger partial charge in [0.2, 0.25) is 0 Å². The Labute approximate surface area is 116 Å². The van der Waals surface area contributed by atoms with Crippen molar-refractivity contribution in [3.63, 3.8) is 0 Å². The van der Waals surface area contributed by atoms with Crippen LogP contribution in [0.5, 0.6) is 0 Å². The molecule has 0 heterocycles. The molecule has 0 radical (unpaired) electrons. The number of nitrogens with one attached hydrogen (secondary N) is 1. The molecule has 0 aliphatic rings. The molecule has 1 aromatic rings. The molecule has 0 aliphatic heterocycles. The minimum atomic E-state index is -0.129. The van der Waals surface area contributed by atoms with Crippen LogP contribution in [0, 0.1) is 12.8 Å². The minimum Gasteiger partial charge on any atom is -0.464 e. The first-order valence-electron chi connectivity index (χ1n) is 6.99. The summed E-state index contributed by atoms with van der Waals surface area (Å²) < 4.78 is 5.27. The van der Waals surface area contributed by atoms with Gasteiger partial charge in [-0.2, -0.15) is 0 Å². The van der Waals surface area contributed by atoms with E-state index in [4.69, 9.17) is 4.74 Å². The Morgan fingerprint density at radius 2 is 2.00 bits per heavy atom. The quantitative estimate of drug-likeness (QED) is 0.768. The normalized spacial score (nSPS) is 12.5. The standard InChI is InChI=1S/C16H25NO2/c1-5-15(11-19-16(18)12(2)3)17-10-14-9-7-6-8-13(14)4/h6-9,12,15,17H,5,10-11H2,1-4H3. The lowest BCUT2D eigenvalue weighted by Crippen LogP contribution is -2.34. The van der Waals surface area contributed by atoms with Crippen LogP contribution in [0.1, 0.15) is 38.3 Å². The third kappa shape index (κ3) is 5.43. The van der Waals surface area contributed by atoms with Gasteiger partial charge in [-0.3, -0.25) is 4.79 Å². The molecule has 0 bridgehead atoms. The maximum atomic E-state index is 11.4. The second-order valence-electron chi connectivity index (χ2n) is 5.20. The number of carbonyl (C=O) groups is 1. The zero-order chi connectivity index (χ0) is 14.3. The molecule has 106 valence electrons. The second kappa shape index (κ2) is 7.95. The van der Waals surface area contributed by atoms with Crippen LogP contribution in [0.3, 0.4) is 0 Å². The Hall–Kier alpha value is -1.35. The summed E-state index contributed by atoms with van der Waals surface area (Å²) in [6.07, 6.45) is 0.942. The maximum Gasteiger partial charge on any atom is 0.308 e. The fourth-order valence-electron chi connectivity index (χ4n) is 1.73. The van der Waals surface area contributed by atoms with E-state index in [2.05, 4.69) is 31.3 Å². The van der Waals surface area contributed by atoms with Gasteiger partial charge in [-0.05, 0) is 24.5 Å². The van der Waals surface area contributed by atoms with Crippen molar-refractivity contribution in [1.82, 2.24) is 5.32 Å². The zero-order valence-corrected chi connectivity index (χ0v) is 12.4. The van der Waals surface area contributed by atoms with Crippen LogP contribution >= 0.6 is 0 Å². The molecule has 1 unspecified atom stereocenters. The number of esters is 1. The van der Waals surface area contributed by atoms with E-state index < -0.39 is 0 Å². The van der Waals surface area contributed by atoms with E-state index in [1.807, 2.05) is 26.0 Å². The molecule has 1 aromatic carbocycles. The van der Waals surface area contributed by atoms with Gasteiger partial charge >= 0.3 is 5.97 Å². The van der Waals surface area contributed by atoms with Gasteiger partial charge in [0.1, 0.15) is 6.61 Å². The zero-order valence-electron chi connectivity index (χ0n) is 12.4. The fraction of sp³-hybridized carbons (Fsp3) is 0.562. The largest absolute Gasteiger partial charge is 0.464 e. The monoisotopic (exact) mass is 263 g/mol. The van der Waals surface area contributed by atoms with Gasteiger partial charge in [-0.25, -0.2) is 0 Å². The molecule has 0 aromatic heterocycles. The molecule has 0 spiro atoms. The van der Waals surface area contributed by atoms with Gasteiger partial charge in [-0.1, -0.05) is 45.0 Å². The van der Waals surface area contributed by atoms with E-state index in [1.165, 1.54) is 11.1 Å². The highest BCUT2D eigenvalue weighted by molar-refractivity contribution is 5.71. The van der Waals surface area contributed by atoms with Crippen molar-refractivity contribution < 1.29 is 9.53 Å². The van der Waals surface area contributed by atoms with Gasteiger partial charge in [0.15, 0.2) is 0 Å². The third-order valence-corrected chi connectivity index (χ3v) is 3.23. The predicted octanol–water partition coefficient (Wildman–Crippen LogP) is 3.06. The summed E-state index contributed by atoms with van der Waals surface area (Å²) in [5.74, 6) is -0.190. The summed E-state index contributed by atoms with van der Waals surface area (Å²) in [4.78, 5) is 11.4. The van der Waals surface area contributed by atoms with Gasteiger partial charge in [0.05, 0.1) is 5.92 Å². The number of ether oxygens (including phenoxy) is 1. The first-order valence-corrected chi connectivity index (χ1v) is 6.99. The lowest BCUT2D eigenvalue weighted by molar-refractivity contribution is -0.148.